The summed E-state index contributed by atoms with van der Waals surface area (Å²) >= 11 is 6.68. The number of benzene rings is 1. The second-order valence-electron chi connectivity index (χ2n) is 7.10. The number of aromatic nitrogens is 5. The minimum Gasteiger partial charge on any atom is -0.345 e. The van der Waals surface area contributed by atoms with E-state index in [1.165, 1.54) is 0 Å². The number of hydrogen-bond donors (Lipinski definition) is 2. The highest BCUT2D eigenvalue weighted by atomic mass is 35.5. The molecule has 0 unspecified atom stereocenters. The molecule has 1 aromatic carbocycles. The van der Waals surface area contributed by atoms with E-state index in [0.29, 0.717) is 22.0 Å². The van der Waals surface area contributed by atoms with Gasteiger partial charge in [-0.25, -0.2) is 0 Å². The fourth-order valence-electron chi connectivity index (χ4n) is 3.90. The standard InChI is InChI=1S/C19H20ClN7O/c1-25-10-13-14(24-25)4-3-11(16(13)20)12-9-22-17-15(12)18(28)26(2)19(23-17)27-7-5-21-6-8-27/h3-4,9-10,21-22H,5-8H2,1-2H3. The Labute approximate surface area is 165 Å². The summed E-state index contributed by atoms with van der Waals surface area (Å²) in [4.78, 5) is 23.3. The third-order valence-corrected chi connectivity index (χ3v) is 5.73. The van der Waals surface area contributed by atoms with Crippen molar-refractivity contribution in [3.8, 4) is 11.1 Å². The van der Waals surface area contributed by atoms with E-state index in [1.54, 1.807) is 16.3 Å². The highest BCUT2D eigenvalue weighted by Crippen LogP contribution is 2.36. The first-order valence-corrected chi connectivity index (χ1v) is 9.58. The van der Waals surface area contributed by atoms with Crippen LogP contribution in [0, 0.1) is 0 Å². The van der Waals surface area contributed by atoms with Gasteiger partial charge in [0.1, 0.15) is 5.65 Å². The number of nitrogens with one attached hydrogen (secondary N) is 2. The zero-order valence-corrected chi connectivity index (χ0v) is 16.4. The first kappa shape index (κ1) is 17.3. The van der Waals surface area contributed by atoms with Crippen LogP contribution < -0.4 is 15.8 Å². The number of anilines is 1. The van der Waals surface area contributed by atoms with E-state index in [0.717, 1.165) is 48.2 Å². The molecule has 5 rings (SSSR count). The highest BCUT2D eigenvalue weighted by molar-refractivity contribution is 6.38. The fourth-order valence-corrected chi connectivity index (χ4v) is 4.21. The molecule has 28 heavy (non-hydrogen) atoms. The summed E-state index contributed by atoms with van der Waals surface area (Å²) in [6, 6.07) is 3.83. The third kappa shape index (κ3) is 2.52. The van der Waals surface area contributed by atoms with Crippen molar-refractivity contribution >= 4 is 39.5 Å². The number of fused-ring (bicyclic) bond motifs is 2. The van der Waals surface area contributed by atoms with Gasteiger partial charge in [0.15, 0.2) is 0 Å². The molecule has 4 aromatic rings. The molecule has 0 aliphatic carbocycles. The molecule has 8 nitrogen and oxygen atoms in total. The molecule has 1 aliphatic heterocycles. The van der Waals surface area contributed by atoms with Crippen molar-refractivity contribution in [2.45, 2.75) is 0 Å². The van der Waals surface area contributed by atoms with Crippen LogP contribution in [0.15, 0.2) is 29.3 Å². The van der Waals surface area contributed by atoms with Gasteiger partial charge in [0.2, 0.25) is 5.95 Å². The Bertz CT molecular complexity index is 1260. The van der Waals surface area contributed by atoms with E-state index < -0.39 is 0 Å². The molecule has 3 aromatic heterocycles. The lowest BCUT2D eigenvalue weighted by atomic mass is 10.0. The van der Waals surface area contributed by atoms with E-state index in [4.69, 9.17) is 16.6 Å². The topological polar surface area (TPSA) is 83.8 Å². The van der Waals surface area contributed by atoms with Gasteiger partial charge in [-0.05, 0) is 6.07 Å². The number of aryl methyl sites for hydroxylation is 1. The summed E-state index contributed by atoms with van der Waals surface area (Å²) in [6.07, 6.45) is 3.69. The Kier molecular flexibility index (Phi) is 3.92. The average Bonchev–Trinajstić information content (AvgIpc) is 3.29. The molecule has 0 amide bonds. The number of piperazine rings is 1. The SMILES string of the molecule is Cn1cc2c(Cl)c(-c3c[nH]c4nc(N5CCNCC5)n(C)c(=O)c34)ccc2n1. The predicted octanol–water partition coefficient (Wildman–Crippen LogP) is 1.88. The van der Waals surface area contributed by atoms with E-state index >= 15 is 0 Å². The van der Waals surface area contributed by atoms with Crippen LogP contribution in [0.5, 0.6) is 0 Å². The summed E-state index contributed by atoms with van der Waals surface area (Å²) in [5.41, 5.74) is 2.86. The molecule has 0 atom stereocenters. The Balaban J connectivity index is 1.71. The van der Waals surface area contributed by atoms with Gasteiger partial charge in [0.25, 0.3) is 5.56 Å². The van der Waals surface area contributed by atoms with E-state index in [2.05, 4.69) is 20.3 Å². The van der Waals surface area contributed by atoms with Crippen molar-refractivity contribution in [3.63, 3.8) is 0 Å². The lowest BCUT2D eigenvalue weighted by molar-refractivity contribution is 0.569. The summed E-state index contributed by atoms with van der Waals surface area (Å²) in [6.45, 7) is 3.40. The van der Waals surface area contributed by atoms with Gasteiger partial charge >= 0.3 is 0 Å². The lowest BCUT2D eigenvalue weighted by Crippen LogP contribution is -2.45. The van der Waals surface area contributed by atoms with Crippen molar-refractivity contribution in [3.05, 3.63) is 39.9 Å². The second kappa shape index (κ2) is 6.35. The van der Waals surface area contributed by atoms with Gasteiger partial charge in [-0.2, -0.15) is 10.1 Å². The first-order valence-electron chi connectivity index (χ1n) is 9.20. The lowest BCUT2D eigenvalue weighted by Gasteiger charge is -2.29. The maximum absolute atomic E-state index is 13.2. The minimum absolute atomic E-state index is 0.0860. The molecule has 2 N–H and O–H groups in total. The average molecular weight is 398 g/mol. The zero-order chi connectivity index (χ0) is 19.4. The van der Waals surface area contributed by atoms with Gasteiger partial charge in [-0.1, -0.05) is 17.7 Å². The van der Waals surface area contributed by atoms with Crippen molar-refractivity contribution < 1.29 is 0 Å². The summed E-state index contributed by atoms with van der Waals surface area (Å²) < 4.78 is 3.36. The molecule has 0 bridgehead atoms. The molecule has 4 heterocycles. The normalized spacial score (nSPS) is 15.0. The third-order valence-electron chi connectivity index (χ3n) is 5.32. The van der Waals surface area contributed by atoms with Crippen LogP contribution in [0.2, 0.25) is 5.02 Å². The second-order valence-corrected chi connectivity index (χ2v) is 7.48. The molecule has 0 radical (unpaired) electrons. The number of nitrogens with zero attached hydrogens (tertiary/aromatic N) is 5. The Morgan fingerprint density at radius 2 is 1.93 bits per heavy atom. The molecule has 1 aliphatic rings. The van der Waals surface area contributed by atoms with Crippen LogP contribution in [0.1, 0.15) is 0 Å². The van der Waals surface area contributed by atoms with Crippen LogP contribution in [0.4, 0.5) is 5.95 Å². The van der Waals surface area contributed by atoms with E-state index in [1.807, 2.05) is 31.6 Å². The van der Waals surface area contributed by atoms with Gasteiger partial charge in [-0.15, -0.1) is 0 Å². The number of hydrogen-bond acceptors (Lipinski definition) is 5. The van der Waals surface area contributed by atoms with Crippen LogP contribution in [-0.2, 0) is 14.1 Å². The monoisotopic (exact) mass is 397 g/mol. The van der Waals surface area contributed by atoms with Gasteiger partial charge in [-0.3, -0.25) is 14.0 Å². The molecular formula is C19H20ClN7O. The summed E-state index contributed by atoms with van der Waals surface area (Å²) in [5, 5.41) is 9.70. The molecule has 9 heteroatoms. The van der Waals surface area contributed by atoms with Crippen LogP contribution >= 0.6 is 11.6 Å². The molecule has 0 saturated carbocycles. The van der Waals surface area contributed by atoms with Crippen molar-refractivity contribution in [2.75, 3.05) is 31.1 Å². The van der Waals surface area contributed by atoms with Crippen LogP contribution in [0.3, 0.4) is 0 Å². The molecule has 1 fully saturated rings. The van der Waals surface area contributed by atoms with Crippen molar-refractivity contribution in [2.24, 2.45) is 14.1 Å². The summed E-state index contributed by atoms with van der Waals surface area (Å²) in [5.74, 6) is 0.682. The molecule has 1 saturated heterocycles. The number of rotatable bonds is 2. The van der Waals surface area contributed by atoms with Crippen LogP contribution in [0.25, 0.3) is 33.1 Å². The Morgan fingerprint density at radius 1 is 1.14 bits per heavy atom. The molecular weight excluding hydrogens is 378 g/mol. The predicted molar refractivity (Wildman–Crippen MR) is 111 cm³/mol. The minimum atomic E-state index is -0.0860. The van der Waals surface area contributed by atoms with Crippen molar-refractivity contribution in [1.29, 1.82) is 0 Å². The smallest absolute Gasteiger partial charge is 0.264 e. The summed E-state index contributed by atoms with van der Waals surface area (Å²) in [7, 11) is 3.63. The van der Waals surface area contributed by atoms with E-state index in [-0.39, 0.29) is 5.56 Å². The molecule has 144 valence electrons. The van der Waals surface area contributed by atoms with Crippen LogP contribution in [-0.4, -0.2) is 50.5 Å². The number of H-pyrrole nitrogens is 1. The van der Waals surface area contributed by atoms with E-state index in [9.17, 15) is 4.79 Å². The van der Waals surface area contributed by atoms with Gasteiger partial charge < -0.3 is 15.2 Å². The maximum atomic E-state index is 13.2. The highest BCUT2D eigenvalue weighted by Gasteiger charge is 2.21. The Hall–Kier alpha value is -2.84. The number of aromatic amines is 1. The Morgan fingerprint density at radius 3 is 2.71 bits per heavy atom. The van der Waals surface area contributed by atoms with Gasteiger partial charge in [0.05, 0.1) is 15.9 Å². The van der Waals surface area contributed by atoms with Gasteiger partial charge in [0, 0.05) is 69.2 Å². The first-order chi connectivity index (χ1) is 13.5. The number of halogens is 1. The zero-order valence-electron chi connectivity index (χ0n) is 15.7. The maximum Gasteiger partial charge on any atom is 0.264 e. The fraction of sp³-hybridized carbons (Fsp3) is 0.316. The molecule has 0 spiro atoms. The largest absolute Gasteiger partial charge is 0.345 e. The van der Waals surface area contributed by atoms with Crippen molar-refractivity contribution in [1.82, 2.24) is 29.6 Å². The quantitative estimate of drug-likeness (QED) is 0.539.